The summed E-state index contributed by atoms with van der Waals surface area (Å²) in [5.41, 5.74) is 7.16. The summed E-state index contributed by atoms with van der Waals surface area (Å²) in [6, 6.07) is 0. The van der Waals surface area contributed by atoms with Gasteiger partial charge < -0.3 is 21.3 Å². The van der Waals surface area contributed by atoms with Crippen LogP contribution in [0.4, 0.5) is 0 Å². The van der Waals surface area contributed by atoms with Crippen LogP contribution in [-0.2, 0) is 4.79 Å². The molecule has 4 aliphatic rings. The van der Waals surface area contributed by atoms with Gasteiger partial charge in [-0.2, -0.15) is 0 Å². The number of carboxylic acid groups (broad SMARTS) is 1. The zero-order valence-electron chi connectivity index (χ0n) is 16.7. The van der Waals surface area contributed by atoms with Gasteiger partial charge in [0.2, 0.25) is 0 Å². The van der Waals surface area contributed by atoms with Crippen LogP contribution >= 0.6 is 0 Å². The van der Waals surface area contributed by atoms with Crippen molar-refractivity contribution in [2.75, 3.05) is 13.6 Å². The molecule has 0 aromatic carbocycles. The Morgan fingerprint density at radius 3 is 2.59 bits per heavy atom. The molecule has 3 saturated carbocycles. The van der Waals surface area contributed by atoms with Crippen molar-refractivity contribution in [3.05, 3.63) is 11.1 Å². The van der Waals surface area contributed by atoms with E-state index >= 15 is 0 Å². The zero-order chi connectivity index (χ0) is 19.6. The highest BCUT2D eigenvalue weighted by Gasteiger charge is 2.73. The number of nitrogens with two attached hydrogens (primary N) is 1. The second kappa shape index (κ2) is 5.97. The molecule has 5 atom stereocenters. The molecule has 2 bridgehead atoms. The van der Waals surface area contributed by atoms with E-state index in [4.69, 9.17) is 5.73 Å². The van der Waals surface area contributed by atoms with E-state index in [1.54, 1.807) is 7.05 Å². The number of carboxylic acids is 1. The van der Waals surface area contributed by atoms with E-state index < -0.39 is 12.1 Å². The van der Waals surface area contributed by atoms with Crippen LogP contribution < -0.4 is 11.1 Å². The van der Waals surface area contributed by atoms with Gasteiger partial charge in [-0.1, -0.05) is 26.7 Å². The topological polar surface area (TPSA) is 108 Å². The number of hydrogen-bond acceptors (Lipinski definition) is 3. The minimum atomic E-state index is -0.945. The first kappa shape index (κ1) is 18.8. The molecule has 5 unspecified atom stereocenters. The summed E-state index contributed by atoms with van der Waals surface area (Å²) in [5, 5.41) is 23.9. The van der Waals surface area contributed by atoms with E-state index in [0.717, 1.165) is 18.4 Å². The molecule has 0 aliphatic heterocycles. The fourth-order valence-corrected chi connectivity index (χ4v) is 8.00. The lowest BCUT2D eigenvalue weighted by Crippen LogP contribution is -2.58. The number of rotatable bonds is 3. The van der Waals surface area contributed by atoms with Gasteiger partial charge in [0.15, 0.2) is 5.96 Å². The van der Waals surface area contributed by atoms with Crippen LogP contribution in [0.1, 0.15) is 58.8 Å². The Labute approximate surface area is 161 Å². The highest BCUT2D eigenvalue weighted by Crippen LogP contribution is 2.78. The zero-order valence-corrected chi connectivity index (χ0v) is 16.7. The standard InChI is InChI=1S/C21H33N3O3/c1-12-9-20(6-4-5-7-20)15-8-13-16(17(26)27)14(25)10-21(12,13)19(15,2)11-24-18(22)23-3/h12,14-15,25H,4-11H2,1-3H3,(H,26,27)(H3,22,23,24). The van der Waals surface area contributed by atoms with Crippen LogP contribution in [0.5, 0.6) is 0 Å². The Kier molecular flexibility index (Phi) is 4.15. The van der Waals surface area contributed by atoms with Crippen molar-refractivity contribution in [3.63, 3.8) is 0 Å². The quantitative estimate of drug-likeness (QED) is 0.447. The van der Waals surface area contributed by atoms with Crippen LogP contribution in [0.15, 0.2) is 16.1 Å². The molecule has 0 saturated heterocycles. The van der Waals surface area contributed by atoms with E-state index in [1.165, 1.54) is 25.7 Å². The fraction of sp³-hybridized carbons (Fsp3) is 0.810. The lowest BCUT2D eigenvalue weighted by Gasteiger charge is -2.60. The lowest BCUT2D eigenvalue weighted by atomic mass is 9.45. The van der Waals surface area contributed by atoms with Crippen LogP contribution in [-0.4, -0.2) is 41.8 Å². The van der Waals surface area contributed by atoms with Gasteiger partial charge >= 0.3 is 5.97 Å². The van der Waals surface area contributed by atoms with Gasteiger partial charge in [-0.15, -0.1) is 0 Å². The van der Waals surface area contributed by atoms with Crippen LogP contribution in [0.3, 0.4) is 0 Å². The molecule has 0 aromatic rings. The Bertz CT molecular complexity index is 724. The van der Waals surface area contributed by atoms with Crippen molar-refractivity contribution >= 4 is 11.9 Å². The molecule has 0 heterocycles. The van der Waals surface area contributed by atoms with Crippen LogP contribution in [0, 0.1) is 28.1 Å². The van der Waals surface area contributed by atoms with E-state index in [1.807, 2.05) is 0 Å². The Balaban J connectivity index is 1.87. The van der Waals surface area contributed by atoms with Crippen molar-refractivity contribution in [1.29, 1.82) is 0 Å². The number of aliphatic hydroxyl groups is 1. The average Bonchev–Trinajstić information content (AvgIpc) is 3.23. The third-order valence-corrected chi connectivity index (χ3v) is 8.91. The van der Waals surface area contributed by atoms with Gasteiger partial charge in [0.05, 0.1) is 11.7 Å². The van der Waals surface area contributed by atoms with E-state index in [9.17, 15) is 15.0 Å². The molecule has 150 valence electrons. The van der Waals surface area contributed by atoms with Crippen molar-refractivity contribution in [2.24, 2.45) is 38.8 Å². The molecule has 6 heteroatoms. The van der Waals surface area contributed by atoms with Crippen molar-refractivity contribution < 1.29 is 15.0 Å². The molecular formula is C21H33N3O3. The number of fused-ring (bicyclic) bond motifs is 2. The first-order chi connectivity index (χ1) is 12.7. The normalized spacial score (nSPS) is 42.7. The van der Waals surface area contributed by atoms with E-state index in [-0.39, 0.29) is 16.4 Å². The molecule has 2 spiro atoms. The van der Waals surface area contributed by atoms with Crippen LogP contribution in [0.25, 0.3) is 0 Å². The predicted octanol–water partition coefficient (Wildman–Crippen LogP) is 2.28. The molecule has 0 aromatic heterocycles. The Hall–Kier alpha value is -1.56. The summed E-state index contributed by atoms with van der Waals surface area (Å²) in [5.74, 6) is 0.257. The molecule has 0 radical (unpaired) electrons. The average molecular weight is 376 g/mol. The lowest BCUT2D eigenvalue weighted by molar-refractivity contribution is -0.134. The van der Waals surface area contributed by atoms with Gasteiger partial charge in [0, 0.05) is 19.0 Å². The molecule has 4 rings (SSSR count). The number of carbonyl (C=O) groups is 1. The van der Waals surface area contributed by atoms with Crippen molar-refractivity contribution in [1.82, 2.24) is 5.32 Å². The van der Waals surface area contributed by atoms with Crippen molar-refractivity contribution in [2.45, 2.75) is 64.9 Å². The van der Waals surface area contributed by atoms with Crippen molar-refractivity contribution in [3.8, 4) is 0 Å². The molecule has 6 nitrogen and oxygen atoms in total. The summed E-state index contributed by atoms with van der Waals surface area (Å²) in [4.78, 5) is 16.1. The molecule has 27 heavy (non-hydrogen) atoms. The van der Waals surface area contributed by atoms with Gasteiger partial charge in [0.1, 0.15) is 0 Å². The maximum atomic E-state index is 12.0. The summed E-state index contributed by atoms with van der Waals surface area (Å²) in [6.07, 6.45) is 6.64. The molecule has 3 fully saturated rings. The number of aliphatic imine (C=N–C) groups is 1. The number of nitrogens with zero attached hydrogens (tertiary/aromatic N) is 1. The molecule has 5 N–H and O–H groups in total. The number of aliphatic hydroxyl groups excluding tert-OH is 1. The molecule has 4 aliphatic carbocycles. The maximum absolute atomic E-state index is 12.0. The number of aliphatic carboxylic acids is 1. The number of guanidine groups is 1. The first-order valence-electron chi connectivity index (χ1n) is 10.3. The monoisotopic (exact) mass is 375 g/mol. The fourth-order valence-electron chi connectivity index (χ4n) is 8.00. The first-order valence-corrected chi connectivity index (χ1v) is 10.3. The maximum Gasteiger partial charge on any atom is 0.334 e. The van der Waals surface area contributed by atoms with Gasteiger partial charge in [0.25, 0.3) is 0 Å². The highest BCUT2D eigenvalue weighted by atomic mass is 16.4. The number of allylic oxidation sites excluding steroid dienone is 1. The molecular weight excluding hydrogens is 342 g/mol. The summed E-state index contributed by atoms with van der Waals surface area (Å²) >= 11 is 0. The number of hydrogen-bond donors (Lipinski definition) is 4. The van der Waals surface area contributed by atoms with Crippen LogP contribution in [0.2, 0.25) is 0 Å². The van der Waals surface area contributed by atoms with Gasteiger partial charge in [-0.25, -0.2) is 4.79 Å². The third-order valence-electron chi connectivity index (χ3n) is 8.91. The second-order valence-corrected chi connectivity index (χ2v) is 9.70. The van der Waals surface area contributed by atoms with E-state index in [0.29, 0.717) is 36.2 Å². The van der Waals surface area contributed by atoms with Gasteiger partial charge in [-0.05, 0) is 60.3 Å². The van der Waals surface area contributed by atoms with Gasteiger partial charge in [-0.3, -0.25) is 4.99 Å². The second-order valence-electron chi connectivity index (χ2n) is 9.70. The largest absolute Gasteiger partial charge is 0.478 e. The summed E-state index contributed by atoms with van der Waals surface area (Å²) < 4.78 is 0. The summed E-state index contributed by atoms with van der Waals surface area (Å²) in [7, 11) is 1.67. The predicted molar refractivity (Wildman–Crippen MR) is 104 cm³/mol. The minimum Gasteiger partial charge on any atom is -0.478 e. The minimum absolute atomic E-state index is 0.141. The third kappa shape index (κ3) is 2.22. The Morgan fingerprint density at radius 1 is 1.33 bits per heavy atom. The number of nitrogens with one attached hydrogen (secondary N) is 1. The Morgan fingerprint density at radius 2 is 2.00 bits per heavy atom. The summed E-state index contributed by atoms with van der Waals surface area (Å²) in [6.45, 7) is 5.28. The molecule has 0 amide bonds. The smallest absolute Gasteiger partial charge is 0.334 e. The van der Waals surface area contributed by atoms with E-state index in [2.05, 4.69) is 24.2 Å². The highest BCUT2D eigenvalue weighted by molar-refractivity contribution is 5.90. The SMILES string of the molecule is CN=C(N)NCC1(C)C2CC3=C(C(=O)O)C(O)CC31C(C)CC21CCCC1.